The lowest BCUT2D eigenvalue weighted by Crippen LogP contribution is -2.22. The van der Waals surface area contributed by atoms with Crippen molar-refractivity contribution in [2.75, 3.05) is 33.5 Å². The molecule has 0 bridgehead atoms. The molecule has 2 rings (SSSR count). The van der Waals surface area contributed by atoms with Gasteiger partial charge in [-0.25, -0.2) is 4.39 Å². The van der Waals surface area contributed by atoms with Gasteiger partial charge in [-0.1, -0.05) is 52.0 Å². The molecule has 2 atom stereocenters. The highest BCUT2D eigenvalue weighted by Crippen LogP contribution is 2.38. The Bertz CT molecular complexity index is 1190. The summed E-state index contributed by atoms with van der Waals surface area (Å²) < 4.78 is 29.4. The smallest absolute Gasteiger partial charge is 0.308 e. The molecule has 0 aliphatic carbocycles. The molecule has 0 saturated heterocycles. The van der Waals surface area contributed by atoms with E-state index in [9.17, 15) is 29.5 Å². The molecule has 0 aliphatic heterocycles. The van der Waals surface area contributed by atoms with Crippen LogP contribution in [-0.4, -0.2) is 72.0 Å². The van der Waals surface area contributed by atoms with E-state index in [4.69, 9.17) is 19.2 Å². The first-order chi connectivity index (χ1) is 19.9. The molecule has 0 radical (unpaired) electrons. The Hall–Kier alpha value is -3.45. The second kappa shape index (κ2) is 17.5. The first-order valence-corrected chi connectivity index (χ1v) is 13.8. The zero-order valence-electron chi connectivity index (χ0n) is 24.7. The van der Waals surface area contributed by atoms with Crippen molar-refractivity contribution in [1.29, 1.82) is 0 Å². The van der Waals surface area contributed by atoms with E-state index in [0.29, 0.717) is 0 Å². The van der Waals surface area contributed by atoms with E-state index in [-0.39, 0.29) is 63.5 Å². The van der Waals surface area contributed by atoms with Crippen LogP contribution in [0.5, 0.6) is 0 Å². The Balaban J connectivity index is 2.18. The Morgan fingerprint density at radius 3 is 2.29 bits per heavy atom. The van der Waals surface area contributed by atoms with Crippen molar-refractivity contribution in [3.05, 3.63) is 68.8 Å². The van der Waals surface area contributed by atoms with Gasteiger partial charge in [0.25, 0.3) is 5.09 Å². The molecule has 2 N–H and O–H groups in total. The fourth-order valence-electron chi connectivity index (χ4n) is 4.39. The third-order valence-corrected chi connectivity index (χ3v) is 6.23. The molecule has 0 saturated carbocycles. The zero-order chi connectivity index (χ0) is 31.2. The minimum absolute atomic E-state index is 0.0114. The average Bonchev–Trinajstić information content (AvgIpc) is 2.91. The van der Waals surface area contributed by atoms with Crippen molar-refractivity contribution in [1.82, 2.24) is 4.98 Å². The van der Waals surface area contributed by atoms with Crippen molar-refractivity contribution in [3.8, 4) is 11.1 Å². The summed E-state index contributed by atoms with van der Waals surface area (Å²) in [5.41, 5.74) is 4.92. The van der Waals surface area contributed by atoms with Crippen molar-refractivity contribution in [2.45, 2.75) is 71.2 Å². The lowest BCUT2D eigenvalue weighted by atomic mass is 9.87. The van der Waals surface area contributed by atoms with Crippen LogP contribution >= 0.6 is 0 Å². The molecule has 0 spiro atoms. The molecule has 0 unspecified atom stereocenters. The minimum atomic E-state index is -1.17. The normalized spacial score (nSPS) is 13.1. The van der Waals surface area contributed by atoms with Crippen LogP contribution in [0, 0.1) is 15.9 Å². The number of rotatable bonds is 18. The fraction of sp³-hybridized carbons (Fsp3) is 0.533. The number of hydrogen-bond donors (Lipinski definition) is 2. The van der Waals surface area contributed by atoms with Crippen LogP contribution in [0.4, 0.5) is 4.39 Å². The van der Waals surface area contributed by atoms with Crippen molar-refractivity contribution >= 4 is 12.0 Å². The molecule has 232 valence electrons. The highest BCUT2D eigenvalue weighted by Gasteiger charge is 2.23. The summed E-state index contributed by atoms with van der Waals surface area (Å²) in [5, 5.41) is 30.2. The number of nitrogens with zero attached hydrogens (tertiary/aromatic N) is 2. The van der Waals surface area contributed by atoms with E-state index >= 15 is 0 Å². The molecule has 0 amide bonds. The number of benzene rings is 1. The summed E-state index contributed by atoms with van der Waals surface area (Å²) in [6.45, 7) is 8.06. The molecule has 1 aromatic carbocycles. The van der Waals surface area contributed by atoms with Gasteiger partial charge in [-0.2, -0.15) is 0 Å². The molecule has 11 nitrogen and oxygen atoms in total. The van der Waals surface area contributed by atoms with Crippen LogP contribution in [0.2, 0.25) is 0 Å². The van der Waals surface area contributed by atoms with Gasteiger partial charge in [0, 0.05) is 30.4 Å². The van der Waals surface area contributed by atoms with Gasteiger partial charge in [-0.05, 0) is 35.1 Å². The fourth-order valence-corrected chi connectivity index (χ4v) is 4.39. The number of aliphatic hydroxyl groups is 2. The summed E-state index contributed by atoms with van der Waals surface area (Å²) in [6, 6.07) is 6.19. The number of ether oxygens (including phenoxy) is 3. The third-order valence-electron chi connectivity index (χ3n) is 6.23. The largest absolute Gasteiger partial charge is 0.463 e. The van der Waals surface area contributed by atoms with Gasteiger partial charge in [-0.3, -0.25) is 9.78 Å². The number of methoxy groups -OCH3 is 1. The number of carbonyl (C=O) groups excluding carboxylic acids is 1. The molecule has 12 heteroatoms. The summed E-state index contributed by atoms with van der Waals surface area (Å²) >= 11 is 0. The van der Waals surface area contributed by atoms with Crippen LogP contribution in [0.3, 0.4) is 0 Å². The SMILES string of the molecule is COCc1c(C(C)C)nc(C(C)C)c(C=C[C@@H](O)C[C@@H](O)CC(=O)OCCOCCO[N+](=O)[O-])c1-c1ccc(F)cc1. The number of carbonyl (C=O) groups is 1. The number of esters is 1. The number of aromatic nitrogens is 1. The van der Waals surface area contributed by atoms with Gasteiger partial charge >= 0.3 is 5.97 Å². The van der Waals surface area contributed by atoms with Crippen molar-refractivity contribution in [3.63, 3.8) is 0 Å². The zero-order valence-corrected chi connectivity index (χ0v) is 24.7. The van der Waals surface area contributed by atoms with E-state index < -0.39 is 23.3 Å². The lowest BCUT2D eigenvalue weighted by Gasteiger charge is -2.23. The molecular formula is C30H41FN2O9. The Kier molecular flexibility index (Phi) is 14.5. The van der Waals surface area contributed by atoms with E-state index in [1.54, 1.807) is 25.3 Å². The summed E-state index contributed by atoms with van der Waals surface area (Å²) in [7, 11) is 1.60. The Morgan fingerprint density at radius 2 is 1.69 bits per heavy atom. The molecule has 0 aliphatic rings. The lowest BCUT2D eigenvalue weighted by molar-refractivity contribution is -0.758. The van der Waals surface area contributed by atoms with E-state index in [1.807, 2.05) is 27.7 Å². The second-order valence-corrected chi connectivity index (χ2v) is 10.3. The van der Waals surface area contributed by atoms with Crippen LogP contribution < -0.4 is 0 Å². The number of pyridine rings is 1. The molecular weight excluding hydrogens is 551 g/mol. The minimum Gasteiger partial charge on any atom is -0.463 e. The Morgan fingerprint density at radius 1 is 1.05 bits per heavy atom. The molecule has 0 fully saturated rings. The number of aliphatic hydroxyl groups excluding tert-OH is 2. The summed E-state index contributed by atoms with van der Waals surface area (Å²) in [4.78, 5) is 31.2. The molecule has 2 aromatic rings. The number of halogens is 1. The monoisotopic (exact) mass is 592 g/mol. The average molecular weight is 593 g/mol. The summed E-state index contributed by atoms with van der Waals surface area (Å²) in [6.07, 6.45) is 0.575. The van der Waals surface area contributed by atoms with E-state index in [0.717, 1.165) is 33.6 Å². The topological polar surface area (TPSA) is 150 Å². The van der Waals surface area contributed by atoms with Gasteiger partial charge in [0.1, 0.15) is 19.0 Å². The highest BCUT2D eigenvalue weighted by molar-refractivity contribution is 5.80. The standard InChI is InChI=1S/C30H41FN2O9/c1-19(2)29-25(28(21-6-8-22(31)9-7-21)26(18-39-5)30(32-29)20(3)4)11-10-23(34)16-24(35)17-27(36)41-14-12-40-13-15-42-33(37)38/h6-11,19-20,23-24,34-35H,12-18H2,1-5H3/t23-,24-/m1/s1. The van der Waals surface area contributed by atoms with Crippen molar-refractivity contribution in [2.24, 2.45) is 0 Å². The first-order valence-electron chi connectivity index (χ1n) is 13.8. The maximum Gasteiger partial charge on any atom is 0.308 e. The maximum absolute atomic E-state index is 13.8. The van der Waals surface area contributed by atoms with Gasteiger partial charge < -0.3 is 29.3 Å². The molecule has 1 aromatic heterocycles. The van der Waals surface area contributed by atoms with Gasteiger partial charge in [0.05, 0.1) is 44.1 Å². The Labute approximate surface area is 245 Å². The summed E-state index contributed by atoms with van der Waals surface area (Å²) in [5.74, 6) is -0.911. The van der Waals surface area contributed by atoms with Crippen LogP contribution in [0.1, 0.15) is 74.9 Å². The van der Waals surface area contributed by atoms with E-state index in [1.165, 1.54) is 18.2 Å². The van der Waals surface area contributed by atoms with Crippen LogP contribution in [0.25, 0.3) is 17.2 Å². The quantitative estimate of drug-likeness (QED) is 0.109. The maximum atomic E-state index is 13.8. The van der Waals surface area contributed by atoms with Gasteiger partial charge in [-0.15, -0.1) is 10.1 Å². The van der Waals surface area contributed by atoms with Gasteiger partial charge in [0.2, 0.25) is 0 Å². The van der Waals surface area contributed by atoms with Gasteiger partial charge in [0.15, 0.2) is 0 Å². The first kappa shape index (κ1) is 34.7. The van der Waals surface area contributed by atoms with Crippen LogP contribution in [0.15, 0.2) is 30.3 Å². The van der Waals surface area contributed by atoms with Crippen molar-refractivity contribution < 1.29 is 43.5 Å². The predicted octanol–water partition coefficient (Wildman–Crippen LogP) is 4.56. The van der Waals surface area contributed by atoms with Crippen LogP contribution in [-0.2, 0) is 30.4 Å². The number of hydrogen-bond acceptors (Lipinski definition) is 10. The molecule has 1 heterocycles. The van der Waals surface area contributed by atoms with E-state index in [2.05, 4.69) is 4.84 Å². The predicted molar refractivity (Wildman–Crippen MR) is 154 cm³/mol. The molecule has 42 heavy (non-hydrogen) atoms. The second-order valence-electron chi connectivity index (χ2n) is 10.3. The highest BCUT2D eigenvalue weighted by atomic mass is 19.1. The third kappa shape index (κ3) is 11.1.